The number of piperidine rings is 1. The third-order valence-electron chi connectivity index (χ3n) is 6.40. The third kappa shape index (κ3) is 8.37. The highest BCUT2D eigenvalue weighted by atomic mass is 32.2. The van der Waals surface area contributed by atoms with Crippen LogP contribution in [0.25, 0.3) is 0 Å². The molecule has 1 atom stereocenters. The Balaban J connectivity index is 1.16. The summed E-state index contributed by atoms with van der Waals surface area (Å²) in [5, 5.41) is 9.57. The van der Waals surface area contributed by atoms with E-state index in [1.807, 2.05) is 4.90 Å². The lowest BCUT2D eigenvalue weighted by Gasteiger charge is -2.35. The molecule has 0 unspecified atom stereocenters. The van der Waals surface area contributed by atoms with Gasteiger partial charge in [0.05, 0.1) is 0 Å². The molecule has 4 rings (SSSR count). The predicted octanol–water partition coefficient (Wildman–Crippen LogP) is 5.17. The predicted molar refractivity (Wildman–Crippen MR) is 134 cm³/mol. The van der Waals surface area contributed by atoms with Gasteiger partial charge >= 0.3 is 11.7 Å². The second kappa shape index (κ2) is 12.3. The summed E-state index contributed by atoms with van der Waals surface area (Å²) in [6.07, 6.45) is -1.69. The van der Waals surface area contributed by atoms with Crippen molar-refractivity contribution in [2.75, 3.05) is 56.0 Å². The summed E-state index contributed by atoms with van der Waals surface area (Å²) in [6, 6.07) is 6.13. The molecule has 0 spiro atoms. The van der Waals surface area contributed by atoms with Crippen LogP contribution in [0.2, 0.25) is 0 Å². The number of alkyl halides is 6. The fraction of sp³-hybridized carbons (Fsp3) is 0.609. The Kier molecular flexibility index (Phi) is 9.29. The minimum absolute atomic E-state index is 0.0279. The number of likely N-dealkylation sites (tertiary alicyclic amines) is 1. The molecule has 0 radical (unpaired) electrons. The molecule has 2 fully saturated rings. The van der Waals surface area contributed by atoms with Gasteiger partial charge in [-0.2, -0.15) is 26.3 Å². The maximum atomic E-state index is 12.8. The summed E-state index contributed by atoms with van der Waals surface area (Å²) >= 11 is 0.401. The van der Waals surface area contributed by atoms with Gasteiger partial charge in [-0.25, -0.2) is 0 Å². The summed E-state index contributed by atoms with van der Waals surface area (Å²) in [5.74, 6) is 0.0700. The molecule has 15 heteroatoms. The van der Waals surface area contributed by atoms with Gasteiger partial charge in [-0.1, -0.05) is 11.3 Å². The fourth-order valence-corrected chi connectivity index (χ4v) is 5.85. The Morgan fingerprint density at radius 3 is 2.37 bits per heavy atom. The SMILES string of the molecule is O=C(CCCN1CCN(c2nnc(C(F)(F)F)s2)CC1)N1CCC[C@H](Nc2ccc(SC(F)(F)F)cc2)C1. The molecule has 0 bridgehead atoms. The molecular formula is C23H28F6N6OS2. The molecule has 7 nitrogen and oxygen atoms in total. The van der Waals surface area contributed by atoms with Gasteiger partial charge in [-0.05, 0) is 61.8 Å². The van der Waals surface area contributed by atoms with Crippen LogP contribution in [0.1, 0.15) is 30.7 Å². The van der Waals surface area contributed by atoms with Crippen LogP contribution in [-0.2, 0) is 11.0 Å². The molecule has 0 aliphatic carbocycles. The first kappa shape index (κ1) is 28.7. The van der Waals surface area contributed by atoms with Gasteiger partial charge in [-0.3, -0.25) is 9.69 Å². The number of thioether (sulfide) groups is 1. The van der Waals surface area contributed by atoms with Crippen molar-refractivity contribution in [1.82, 2.24) is 20.0 Å². The van der Waals surface area contributed by atoms with Gasteiger partial charge in [0.2, 0.25) is 16.0 Å². The molecule has 38 heavy (non-hydrogen) atoms. The molecule has 2 aromatic rings. The first-order valence-corrected chi connectivity index (χ1v) is 13.9. The summed E-state index contributed by atoms with van der Waals surface area (Å²) in [6.45, 7) is 4.39. The molecule has 3 heterocycles. The van der Waals surface area contributed by atoms with E-state index in [-0.39, 0.29) is 33.7 Å². The van der Waals surface area contributed by atoms with Crippen molar-refractivity contribution in [1.29, 1.82) is 0 Å². The molecular weight excluding hydrogens is 554 g/mol. The van der Waals surface area contributed by atoms with E-state index in [2.05, 4.69) is 20.4 Å². The first-order valence-electron chi connectivity index (χ1n) is 12.2. The second-order valence-electron chi connectivity index (χ2n) is 9.22. The molecule has 2 saturated heterocycles. The van der Waals surface area contributed by atoms with Crippen LogP contribution in [0.5, 0.6) is 0 Å². The topological polar surface area (TPSA) is 64.6 Å². The second-order valence-corrected chi connectivity index (χ2v) is 11.3. The number of piperazine rings is 1. The van der Waals surface area contributed by atoms with Crippen LogP contribution in [0.3, 0.4) is 0 Å². The average Bonchev–Trinajstić information content (AvgIpc) is 3.36. The van der Waals surface area contributed by atoms with E-state index in [1.54, 1.807) is 17.0 Å². The Morgan fingerprint density at radius 2 is 1.74 bits per heavy atom. The van der Waals surface area contributed by atoms with Crippen molar-refractivity contribution < 1.29 is 31.1 Å². The summed E-state index contributed by atoms with van der Waals surface area (Å²) in [5.41, 5.74) is -3.60. The summed E-state index contributed by atoms with van der Waals surface area (Å²) in [4.78, 5) is 18.7. The number of hydrogen-bond acceptors (Lipinski definition) is 8. The van der Waals surface area contributed by atoms with Crippen molar-refractivity contribution in [3.63, 3.8) is 0 Å². The number of halogens is 6. The van der Waals surface area contributed by atoms with Gasteiger partial charge in [0, 0.05) is 62.3 Å². The number of nitrogens with zero attached hydrogens (tertiary/aromatic N) is 5. The molecule has 1 N–H and O–H groups in total. The van der Waals surface area contributed by atoms with E-state index < -0.39 is 16.7 Å². The third-order valence-corrected chi connectivity index (χ3v) is 8.17. The van der Waals surface area contributed by atoms with E-state index in [4.69, 9.17) is 0 Å². The number of aromatic nitrogens is 2. The van der Waals surface area contributed by atoms with Gasteiger partial charge in [-0.15, -0.1) is 10.2 Å². The molecule has 1 amide bonds. The van der Waals surface area contributed by atoms with E-state index in [0.717, 1.165) is 25.1 Å². The Labute approximate surface area is 224 Å². The summed E-state index contributed by atoms with van der Waals surface area (Å²) < 4.78 is 75.8. The highest BCUT2D eigenvalue weighted by molar-refractivity contribution is 8.00. The standard InChI is InChI=1S/C23H28F6N6OS2/c24-22(25,26)20-31-32-21(37-20)34-13-11-33(12-14-34)9-2-4-19(36)35-10-1-3-17(15-35)30-16-5-7-18(8-6-16)38-23(27,28)29/h5-8,17,30H,1-4,9-15H2/t17-/m0/s1. The number of benzene rings is 1. The van der Waals surface area contributed by atoms with Crippen molar-refractivity contribution in [2.45, 2.75) is 48.3 Å². The van der Waals surface area contributed by atoms with Crippen molar-refractivity contribution >= 4 is 39.8 Å². The number of amides is 1. The Bertz CT molecular complexity index is 1060. The van der Waals surface area contributed by atoms with Gasteiger partial charge in [0.25, 0.3) is 0 Å². The zero-order chi connectivity index (χ0) is 27.3. The number of nitrogens with one attached hydrogen (secondary N) is 1. The lowest BCUT2D eigenvalue weighted by molar-refractivity contribution is -0.138. The molecule has 2 aliphatic rings. The van der Waals surface area contributed by atoms with Gasteiger partial charge < -0.3 is 15.1 Å². The van der Waals surface area contributed by atoms with Gasteiger partial charge in [0.15, 0.2) is 0 Å². The average molecular weight is 583 g/mol. The van der Waals surface area contributed by atoms with Crippen molar-refractivity contribution in [3.05, 3.63) is 29.3 Å². The van der Waals surface area contributed by atoms with Crippen molar-refractivity contribution in [2.24, 2.45) is 0 Å². The van der Waals surface area contributed by atoms with Crippen LogP contribution in [-0.4, -0.2) is 83.3 Å². The van der Waals surface area contributed by atoms with Crippen LogP contribution >= 0.6 is 23.1 Å². The van der Waals surface area contributed by atoms with Crippen LogP contribution in [0.15, 0.2) is 29.2 Å². The zero-order valence-corrected chi connectivity index (χ0v) is 22.0. The van der Waals surface area contributed by atoms with Crippen molar-refractivity contribution in [3.8, 4) is 0 Å². The first-order chi connectivity index (χ1) is 18.0. The van der Waals surface area contributed by atoms with E-state index in [9.17, 15) is 31.1 Å². The van der Waals surface area contributed by atoms with Crippen LogP contribution in [0, 0.1) is 0 Å². The van der Waals surface area contributed by atoms with Gasteiger partial charge in [0.1, 0.15) is 0 Å². The monoisotopic (exact) mass is 582 g/mol. The number of carbonyl (C=O) groups excluding carboxylic acids is 1. The Hall–Kier alpha value is -2.26. The normalized spacial score (nSPS) is 19.6. The molecule has 1 aromatic carbocycles. The molecule has 0 saturated carbocycles. The minimum Gasteiger partial charge on any atom is -0.381 e. The summed E-state index contributed by atoms with van der Waals surface area (Å²) in [7, 11) is 0. The lowest BCUT2D eigenvalue weighted by atomic mass is 10.0. The van der Waals surface area contributed by atoms with E-state index in [0.29, 0.717) is 63.4 Å². The molecule has 1 aromatic heterocycles. The Morgan fingerprint density at radius 1 is 1.03 bits per heavy atom. The number of anilines is 2. The highest BCUT2D eigenvalue weighted by Gasteiger charge is 2.36. The molecule has 210 valence electrons. The zero-order valence-electron chi connectivity index (χ0n) is 20.4. The maximum absolute atomic E-state index is 12.8. The fourth-order valence-electron chi connectivity index (χ4n) is 4.54. The maximum Gasteiger partial charge on any atom is 0.446 e. The number of hydrogen-bond donors (Lipinski definition) is 1. The van der Waals surface area contributed by atoms with E-state index >= 15 is 0 Å². The van der Waals surface area contributed by atoms with Crippen LogP contribution in [0.4, 0.5) is 37.2 Å². The largest absolute Gasteiger partial charge is 0.446 e. The lowest BCUT2D eigenvalue weighted by Crippen LogP contribution is -2.47. The highest BCUT2D eigenvalue weighted by Crippen LogP contribution is 2.37. The molecule has 2 aliphatic heterocycles. The number of carbonyl (C=O) groups is 1. The quantitative estimate of drug-likeness (QED) is 0.340. The minimum atomic E-state index is -4.49. The van der Waals surface area contributed by atoms with Crippen LogP contribution < -0.4 is 10.2 Å². The van der Waals surface area contributed by atoms with E-state index in [1.165, 1.54) is 12.1 Å². The number of rotatable bonds is 8. The smallest absolute Gasteiger partial charge is 0.381 e.